The van der Waals surface area contributed by atoms with Gasteiger partial charge in [-0.3, -0.25) is 9.88 Å². The molecule has 1 N–H and O–H groups in total. The van der Waals surface area contributed by atoms with Crippen LogP contribution < -0.4 is 5.32 Å². The molecule has 1 saturated heterocycles. The van der Waals surface area contributed by atoms with Crippen molar-refractivity contribution in [3.8, 4) is 11.6 Å². The minimum atomic E-state index is 0.221. The van der Waals surface area contributed by atoms with E-state index >= 15 is 0 Å². The average molecular weight is 273 g/mol. The second-order valence-electron chi connectivity index (χ2n) is 4.88. The van der Waals surface area contributed by atoms with E-state index in [0.29, 0.717) is 5.89 Å². The van der Waals surface area contributed by atoms with Crippen LogP contribution in [0.5, 0.6) is 0 Å². The van der Waals surface area contributed by atoms with Crippen LogP contribution in [0.4, 0.5) is 0 Å². The Morgan fingerprint density at radius 1 is 1.35 bits per heavy atom. The molecule has 1 fully saturated rings. The summed E-state index contributed by atoms with van der Waals surface area (Å²) >= 11 is 0. The van der Waals surface area contributed by atoms with Crippen LogP contribution in [0, 0.1) is 0 Å². The van der Waals surface area contributed by atoms with Gasteiger partial charge in [-0.1, -0.05) is 18.1 Å². The molecule has 1 aliphatic heterocycles. The molecule has 1 aliphatic rings. The number of piperazine rings is 1. The molecule has 6 nitrogen and oxygen atoms in total. The summed E-state index contributed by atoms with van der Waals surface area (Å²) < 4.78 is 5.36. The Morgan fingerprint density at radius 2 is 2.20 bits per heavy atom. The first kappa shape index (κ1) is 13.2. The fourth-order valence-corrected chi connectivity index (χ4v) is 2.56. The first-order valence-electron chi connectivity index (χ1n) is 7.08. The molecule has 1 atom stereocenters. The van der Waals surface area contributed by atoms with Crippen LogP contribution in [0.3, 0.4) is 0 Å². The second-order valence-corrected chi connectivity index (χ2v) is 4.88. The van der Waals surface area contributed by atoms with Crippen LogP contribution in [0.25, 0.3) is 11.6 Å². The maximum absolute atomic E-state index is 5.36. The minimum absolute atomic E-state index is 0.221. The van der Waals surface area contributed by atoms with Gasteiger partial charge in [-0.05, 0) is 18.6 Å². The molecule has 3 rings (SSSR count). The summed E-state index contributed by atoms with van der Waals surface area (Å²) in [5.74, 6) is 1.25. The van der Waals surface area contributed by atoms with Gasteiger partial charge >= 0.3 is 0 Å². The van der Waals surface area contributed by atoms with Crippen LogP contribution in [0.1, 0.15) is 25.2 Å². The Kier molecular flexibility index (Phi) is 4.03. The lowest BCUT2D eigenvalue weighted by Crippen LogP contribution is -2.45. The second kappa shape index (κ2) is 6.11. The van der Waals surface area contributed by atoms with E-state index in [0.717, 1.165) is 44.1 Å². The smallest absolute Gasteiger partial charge is 0.276 e. The van der Waals surface area contributed by atoms with E-state index in [4.69, 9.17) is 4.52 Å². The first-order chi connectivity index (χ1) is 9.88. The van der Waals surface area contributed by atoms with Gasteiger partial charge in [0.05, 0.1) is 6.04 Å². The third-order valence-corrected chi connectivity index (χ3v) is 3.60. The number of pyridine rings is 1. The summed E-state index contributed by atoms with van der Waals surface area (Å²) in [6, 6.07) is 5.89. The lowest BCUT2D eigenvalue weighted by atomic mass is 10.1. The van der Waals surface area contributed by atoms with Crippen molar-refractivity contribution < 1.29 is 4.52 Å². The molecule has 6 heteroatoms. The fraction of sp³-hybridized carbons (Fsp3) is 0.500. The van der Waals surface area contributed by atoms with Crippen molar-refractivity contribution in [2.45, 2.75) is 19.4 Å². The van der Waals surface area contributed by atoms with E-state index in [1.165, 1.54) is 0 Å². The van der Waals surface area contributed by atoms with Gasteiger partial charge in [0.15, 0.2) is 5.82 Å². The van der Waals surface area contributed by atoms with Crippen LogP contribution in [0.2, 0.25) is 0 Å². The maximum Gasteiger partial charge on any atom is 0.276 e. The van der Waals surface area contributed by atoms with E-state index in [9.17, 15) is 0 Å². The molecular weight excluding hydrogens is 254 g/mol. The number of hydrogen-bond acceptors (Lipinski definition) is 6. The van der Waals surface area contributed by atoms with Crippen LogP contribution in [-0.2, 0) is 0 Å². The van der Waals surface area contributed by atoms with E-state index < -0.39 is 0 Å². The average Bonchev–Trinajstić information content (AvgIpc) is 3.00. The van der Waals surface area contributed by atoms with Crippen molar-refractivity contribution in [1.29, 1.82) is 0 Å². The van der Waals surface area contributed by atoms with Crippen molar-refractivity contribution in [3.05, 3.63) is 30.2 Å². The summed E-state index contributed by atoms with van der Waals surface area (Å²) in [5.41, 5.74) is 0.724. The lowest BCUT2D eigenvalue weighted by molar-refractivity contribution is 0.160. The first-order valence-corrected chi connectivity index (χ1v) is 7.08. The van der Waals surface area contributed by atoms with Crippen LogP contribution >= 0.6 is 0 Å². The Labute approximate surface area is 118 Å². The topological polar surface area (TPSA) is 67.1 Å². The zero-order chi connectivity index (χ0) is 13.8. The molecule has 2 aromatic rings. The highest BCUT2D eigenvalue weighted by atomic mass is 16.5. The molecule has 0 aliphatic carbocycles. The SMILES string of the molecule is CCC(c1noc(-c2ccccn2)n1)N1CCNCC1. The summed E-state index contributed by atoms with van der Waals surface area (Å²) in [6.07, 6.45) is 2.70. The van der Waals surface area contributed by atoms with Crippen molar-refractivity contribution in [1.82, 2.24) is 25.3 Å². The molecule has 20 heavy (non-hydrogen) atoms. The molecule has 0 saturated carbocycles. The van der Waals surface area contributed by atoms with Crippen LogP contribution in [0.15, 0.2) is 28.9 Å². The standard InChI is InChI=1S/C14H19N5O/c1-2-12(19-9-7-15-8-10-19)13-17-14(20-18-13)11-5-3-4-6-16-11/h3-6,12,15H,2,7-10H2,1H3. The molecule has 106 valence electrons. The number of rotatable bonds is 4. The number of nitrogens with zero attached hydrogens (tertiary/aromatic N) is 4. The Hall–Kier alpha value is -1.79. The van der Waals surface area contributed by atoms with Crippen molar-refractivity contribution in [3.63, 3.8) is 0 Å². The number of nitrogens with one attached hydrogen (secondary N) is 1. The molecule has 0 radical (unpaired) electrons. The number of hydrogen-bond donors (Lipinski definition) is 1. The molecule has 3 heterocycles. The lowest BCUT2D eigenvalue weighted by Gasteiger charge is -2.32. The van der Waals surface area contributed by atoms with Crippen molar-refractivity contribution in [2.75, 3.05) is 26.2 Å². The van der Waals surface area contributed by atoms with Crippen LogP contribution in [-0.4, -0.2) is 46.2 Å². The quantitative estimate of drug-likeness (QED) is 0.910. The molecule has 2 aromatic heterocycles. The van der Waals surface area contributed by atoms with Gasteiger partial charge in [0.25, 0.3) is 5.89 Å². The van der Waals surface area contributed by atoms with Gasteiger partial charge < -0.3 is 9.84 Å². The summed E-state index contributed by atoms with van der Waals surface area (Å²) in [5, 5.41) is 7.51. The predicted molar refractivity (Wildman–Crippen MR) is 75.0 cm³/mol. The molecule has 0 spiro atoms. The van der Waals surface area contributed by atoms with Gasteiger partial charge in [0.1, 0.15) is 5.69 Å². The van der Waals surface area contributed by atoms with Gasteiger partial charge in [-0.25, -0.2) is 0 Å². The van der Waals surface area contributed by atoms with Crippen molar-refractivity contribution >= 4 is 0 Å². The van der Waals surface area contributed by atoms with E-state index in [-0.39, 0.29) is 6.04 Å². The van der Waals surface area contributed by atoms with Gasteiger partial charge in [0.2, 0.25) is 0 Å². The van der Waals surface area contributed by atoms with Crippen molar-refractivity contribution in [2.24, 2.45) is 0 Å². The van der Waals surface area contributed by atoms with Gasteiger partial charge in [-0.15, -0.1) is 0 Å². The van der Waals surface area contributed by atoms with Gasteiger partial charge in [-0.2, -0.15) is 4.98 Å². The minimum Gasteiger partial charge on any atom is -0.332 e. The van der Waals surface area contributed by atoms with E-state index in [1.807, 2.05) is 18.2 Å². The summed E-state index contributed by atoms with van der Waals surface area (Å²) in [4.78, 5) is 11.2. The molecular formula is C14H19N5O. The molecule has 0 amide bonds. The highest BCUT2D eigenvalue weighted by Crippen LogP contribution is 2.24. The van der Waals surface area contributed by atoms with E-state index in [1.54, 1.807) is 6.20 Å². The largest absolute Gasteiger partial charge is 0.332 e. The normalized spacial score (nSPS) is 18.1. The van der Waals surface area contributed by atoms with E-state index in [2.05, 4.69) is 32.3 Å². The highest BCUT2D eigenvalue weighted by molar-refractivity contribution is 5.45. The zero-order valence-electron chi connectivity index (χ0n) is 11.6. The summed E-state index contributed by atoms with van der Waals surface area (Å²) in [6.45, 7) is 6.23. The predicted octanol–water partition coefficient (Wildman–Crippen LogP) is 1.49. The Balaban J connectivity index is 1.80. The third-order valence-electron chi connectivity index (χ3n) is 3.60. The zero-order valence-corrected chi connectivity index (χ0v) is 11.6. The molecule has 0 aromatic carbocycles. The highest BCUT2D eigenvalue weighted by Gasteiger charge is 2.25. The fourth-order valence-electron chi connectivity index (χ4n) is 2.56. The Bertz CT molecular complexity index is 536. The summed E-state index contributed by atoms with van der Waals surface area (Å²) in [7, 11) is 0. The molecule has 1 unspecified atom stereocenters. The molecule has 0 bridgehead atoms. The maximum atomic E-state index is 5.36. The number of aromatic nitrogens is 3. The monoisotopic (exact) mass is 273 g/mol. The third kappa shape index (κ3) is 2.71. The van der Waals surface area contributed by atoms with Gasteiger partial charge in [0, 0.05) is 32.4 Å². The Morgan fingerprint density at radius 3 is 2.90 bits per heavy atom.